The maximum Gasteiger partial charge on any atom is 2.00 e. The molecule has 0 saturated carbocycles. The van der Waals surface area contributed by atoms with E-state index in [0.717, 1.165) is 0 Å². The van der Waals surface area contributed by atoms with Crippen molar-refractivity contribution in [2.75, 3.05) is 0 Å². The second-order valence-electron chi connectivity index (χ2n) is 0.848. The molecule has 0 saturated heterocycles. The van der Waals surface area contributed by atoms with Crippen LogP contribution in [0.1, 0.15) is 0 Å². The molecule has 0 aromatic heterocycles. The third-order valence-corrected chi connectivity index (χ3v) is 0. The monoisotopic (exact) mass is 300 g/mol. The van der Waals surface area contributed by atoms with E-state index in [1.54, 1.807) is 0 Å². The van der Waals surface area contributed by atoms with Crippen molar-refractivity contribution < 1.29 is 47.6 Å². The molecule has 10 nitrogen and oxygen atoms in total. The molecule has 0 amide bonds. The first-order chi connectivity index (χ1) is 5.20. The molecule has 0 spiro atoms. The van der Waals surface area contributed by atoms with Gasteiger partial charge in [0, 0.05) is 0 Å². The van der Waals surface area contributed by atoms with E-state index in [0.29, 0.717) is 0 Å². The molecule has 80 valence electrons. The van der Waals surface area contributed by atoms with Crippen molar-refractivity contribution in [3.63, 3.8) is 0 Å². The van der Waals surface area contributed by atoms with E-state index in [1.807, 2.05) is 0 Å². The van der Waals surface area contributed by atoms with E-state index < -0.39 is 27.5 Å². The van der Waals surface area contributed by atoms with E-state index in [-0.39, 0.29) is 51.6 Å². The first kappa shape index (κ1) is 36.2. The molecule has 0 fully saturated rings. The van der Waals surface area contributed by atoms with Crippen LogP contribution in [0.2, 0.25) is 0 Å². The zero-order valence-corrected chi connectivity index (χ0v) is 13.2. The van der Waals surface area contributed by atoms with Crippen molar-refractivity contribution in [2.24, 2.45) is 0 Å². The first-order valence-electron chi connectivity index (χ1n) is 1.95. The summed E-state index contributed by atoms with van der Waals surface area (Å²) in [5.74, 6) is 0. The van der Waals surface area contributed by atoms with Gasteiger partial charge in [-0.1, -0.05) is 0 Å². The molecule has 15 heteroatoms. The summed E-state index contributed by atoms with van der Waals surface area (Å²) in [5.41, 5.74) is 0. The second-order valence-corrected chi connectivity index (χ2v) is 2.54. The summed E-state index contributed by atoms with van der Waals surface area (Å²) < 4.78 is 26.2. The smallest absolute Gasteiger partial charge is 0.511 e. The predicted molar refractivity (Wildman–Crippen MR) is 47.8 cm³/mol. The van der Waals surface area contributed by atoms with E-state index in [2.05, 4.69) is 0 Å². The Morgan fingerprint density at radius 2 is 0.533 bits per heavy atom. The molecule has 15 heavy (non-hydrogen) atoms. The van der Waals surface area contributed by atoms with Crippen molar-refractivity contribution in [1.82, 2.24) is 0 Å². The zero-order valence-electron chi connectivity index (χ0n) is 7.32. The Hall–Kier alpha value is 0.343. The average molecular weight is 301 g/mol. The molecule has 8 N–H and O–H groups in total. The molecule has 0 aliphatic carbocycles. The molecular weight excluding hydrogens is 293 g/mol. The fourth-order valence-electron chi connectivity index (χ4n) is 0. The molecule has 0 unspecified atom stereocenters. The van der Waals surface area contributed by atoms with Crippen molar-refractivity contribution in [2.45, 2.75) is 0 Å². The van der Waals surface area contributed by atoms with Crippen LogP contribution in [0.4, 0.5) is 0 Å². The molecular formula is H8Mg2O10Si3+4. The summed E-state index contributed by atoms with van der Waals surface area (Å²) >= 11 is 0. The van der Waals surface area contributed by atoms with Gasteiger partial charge >= 0.3 is 73.6 Å². The van der Waals surface area contributed by atoms with Gasteiger partial charge in [-0.3, -0.25) is 13.4 Å². The molecule has 0 bridgehead atoms. The van der Waals surface area contributed by atoms with Gasteiger partial charge in [0.15, 0.2) is 0 Å². The SMILES string of the molecule is O.O=[Si](O)O.O=[Si](O)O.O=[Si](O)O.[Mg+2].[Mg+2]. The van der Waals surface area contributed by atoms with E-state index >= 15 is 0 Å². The minimum absolute atomic E-state index is 0. The third-order valence-electron chi connectivity index (χ3n) is 0. The zero-order chi connectivity index (χ0) is 10.7. The largest absolute Gasteiger partial charge is 2.00 e. The molecule has 0 aromatic carbocycles. The molecule has 0 aliphatic heterocycles. The van der Waals surface area contributed by atoms with Gasteiger partial charge in [-0.15, -0.1) is 0 Å². The Morgan fingerprint density at radius 1 is 0.533 bits per heavy atom. The molecule has 0 atom stereocenters. The molecule has 0 rings (SSSR count). The fraction of sp³-hybridized carbons (Fsp3) is 0. The van der Waals surface area contributed by atoms with Crippen LogP contribution in [0.5, 0.6) is 0 Å². The van der Waals surface area contributed by atoms with Gasteiger partial charge in [-0.05, 0) is 0 Å². The van der Waals surface area contributed by atoms with E-state index in [9.17, 15) is 0 Å². The third kappa shape index (κ3) is 18600. The average Bonchev–Trinajstić information content (AvgIpc) is 1.54. The maximum absolute atomic E-state index is 8.74. The second kappa shape index (κ2) is 29.3. The summed E-state index contributed by atoms with van der Waals surface area (Å²) in [6.45, 7) is 0. The van der Waals surface area contributed by atoms with Gasteiger partial charge in [0.1, 0.15) is 0 Å². The summed E-state index contributed by atoms with van der Waals surface area (Å²) in [6, 6.07) is 0. The Morgan fingerprint density at radius 3 is 0.533 bits per heavy atom. The van der Waals surface area contributed by atoms with Crippen LogP contribution in [0.25, 0.3) is 0 Å². The van der Waals surface area contributed by atoms with Crippen LogP contribution in [0.3, 0.4) is 0 Å². The quantitative estimate of drug-likeness (QED) is 0.235. The van der Waals surface area contributed by atoms with Crippen LogP contribution in [-0.4, -0.2) is 108 Å². The number of rotatable bonds is 0. The molecule has 0 heterocycles. The van der Waals surface area contributed by atoms with Crippen LogP contribution in [0.15, 0.2) is 0 Å². The van der Waals surface area contributed by atoms with Crippen molar-refractivity contribution >= 4 is 73.6 Å². The van der Waals surface area contributed by atoms with E-state index in [1.165, 1.54) is 0 Å². The van der Waals surface area contributed by atoms with Gasteiger partial charge < -0.3 is 34.3 Å². The first-order valence-corrected chi connectivity index (χ1v) is 5.86. The molecule has 0 aliphatic rings. The standard InChI is InChI=1S/2Mg.3H2O3Si.H2O/c;;3*1-4(2)3;/h;;3*1-2H;1H2/q2*+2;;;;. The van der Waals surface area contributed by atoms with Crippen molar-refractivity contribution in [3.8, 4) is 0 Å². The van der Waals surface area contributed by atoms with Gasteiger partial charge in [0.05, 0.1) is 0 Å². The minimum atomic E-state index is -3.13. The van der Waals surface area contributed by atoms with Crippen LogP contribution >= 0.6 is 0 Å². The van der Waals surface area contributed by atoms with Gasteiger partial charge in [0.25, 0.3) is 0 Å². The Labute approximate surface area is 121 Å². The summed E-state index contributed by atoms with van der Waals surface area (Å²) in [5, 5.41) is 0. The topological polar surface area (TPSA) is 204 Å². The molecule has 0 aromatic rings. The van der Waals surface area contributed by atoms with Gasteiger partial charge in [-0.25, -0.2) is 0 Å². The van der Waals surface area contributed by atoms with Gasteiger partial charge in [0.2, 0.25) is 0 Å². The predicted octanol–water partition coefficient (Wildman–Crippen LogP) is -6.43. The van der Waals surface area contributed by atoms with Gasteiger partial charge in [-0.2, -0.15) is 0 Å². The summed E-state index contributed by atoms with van der Waals surface area (Å²) in [7, 11) is -9.39. The van der Waals surface area contributed by atoms with Crippen molar-refractivity contribution in [1.29, 1.82) is 0 Å². The Kier molecular flexibility index (Phi) is 70.5. The van der Waals surface area contributed by atoms with E-state index in [4.69, 9.17) is 42.2 Å². The Bertz CT molecular complexity index is 116. The number of hydrogen-bond acceptors (Lipinski definition) is 3. The molecule has 0 radical (unpaired) electrons. The van der Waals surface area contributed by atoms with Crippen molar-refractivity contribution in [3.05, 3.63) is 0 Å². The van der Waals surface area contributed by atoms with Crippen LogP contribution in [-0.2, 0) is 13.4 Å². The minimum Gasteiger partial charge on any atom is -0.511 e. The number of hydrogen-bond donors (Lipinski definition) is 6. The fourth-order valence-corrected chi connectivity index (χ4v) is 0. The van der Waals surface area contributed by atoms with Crippen LogP contribution < -0.4 is 0 Å². The summed E-state index contributed by atoms with van der Waals surface area (Å²) in [6.07, 6.45) is 0. The van der Waals surface area contributed by atoms with Crippen LogP contribution in [0, 0.1) is 0 Å². The maximum atomic E-state index is 8.74. The Balaban J connectivity index is -0.0000000184. The summed E-state index contributed by atoms with van der Waals surface area (Å²) in [4.78, 5) is 42.9. The normalized spacial score (nSPS) is 4.80.